The van der Waals surface area contributed by atoms with Crippen LogP contribution in [0.15, 0.2) is 0 Å². The lowest BCUT2D eigenvalue weighted by Gasteiger charge is -2.26. The van der Waals surface area contributed by atoms with Gasteiger partial charge in [-0.2, -0.15) is 0 Å². The summed E-state index contributed by atoms with van der Waals surface area (Å²) in [6, 6.07) is -0.805. The first kappa shape index (κ1) is 67.3. The monoisotopic (exact) mass is 962 g/mol. The van der Waals surface area contributed by atoms with Gasteiger partial charge in [-0.3, -0.25) is 4.79 Å². The second kappa shape index (κ2) is 58.9. The number of amides is 1. The van der Waals surface area contributed by atoms with Gasteiger partial charge in [-0.05, 0) is 12.8 Å². The number of aliphatic hydroxyl groups excluding tert-OH is 3. The molecule has 0 bridgehead atoms. The summed E-state index contributed by atoms with van der Waals surface area (Å²) in [5, 5.41) is 33.9. The minimum Gasteiger partial charge on any atom is -0.394 e. The van der Waals surface area contributed by atoms with Crippen LogP contribution in [0.4, 0.5) is 0 Å². The average Bonchev–Trinajstić information content (AvgIpc) is 3.34. The molecule has 408 valence electrons. The summed E-state index contributed by atoms with van der Waals surface area (Å²) in [6.45, 7) is 4.24. The van der Waals surface area contributed by atoms with Crippen molar-refractivity contribution in [3.05, 3.63) is 0 Å². The van der Waals surface area contributed by atoms with E-state index >= 15 is 0 Å². The van der Waals surface area contributed by atoms with Crippen molar-refractivity contribution >= 4 is 5.91 Å². The lowest BCUT2D eigenvalue weighted by Crippen LogP contribution is -2.50. The molecule has 0 heterocycles. The summed E-state index contributed by atoms with van der Waals surface area (Å²) in [4.78, 5) is 12.6. The molecule has 3 atom stereocenters. The zero-order valence-corrected chi connectivity index (χ0v) is 46.8. The third-order valence-corrected chi connectivity index (χ3v) is 15.5. The Labute approximate surface area is 427 Å². The zero-order chi connectivity index (χ0) is 49.3. The van der Waals surface area contributed by atoms with E-state index < -0.39 is 18.2 Å². The Hall–Kier alpha value is -0.650. The Morgan fingerprint density at radius 1 is 0.309 bits per heavy atom. The van der Waals surface area contributed by atoms with Crippen LogP contribution in [0.25, 0.3) is 0 Å². The van der Waals surface area contributed by atoms with Crippen LogP contribution in [0.5, 0.6) is 0 Å². The number of rotatable bonds is 60. The molecule has 4 N–H and O–H groups in total. The SMILES string of the molecule is CCCCCCCCCCCCCCCCCCCCCCCCCCCCCCCCCCC(=O)NC(CO)C(O)C(O)CCCCCCCCCCCCCCCCCCCCCCCC. The van der Waals surface area contributed by atoms with Gasteiger partial charge in [-0.1, -0.05) is 354 Å². The minimum absolute atomic E-state index is 0.134. The van der Waals surface area contributed by atoms with Gasteiger partial charge in [0.05, 0.1) is 18.8 Å². The molecule has 0 aromatic rings. The maximum atomic E-state index is 12.6. The Morgan fingerprint density at radius 3 is 0.706 bits per heavy atom. The Morgan fingerprint density at radius 2 is 0.500 bits per heavy atom. The van der Waals surface area contributed by atoms with Gasteiger partial charge in [-0.15, -0.1) is 0 Å². The second-order valence-corrected chi connectivity index (χ2v) is 22.3. The molecular weight excluding hydrogens is 835 g/mol. The maximum absolute atomic E-state index is 12.6. The number of carbonyl (C=O) groups is 1. The molecule has 0 rings (SSSR count). The normalized spacial score (nSPS) is 13.1. The fraction of sp³-hybridized carbons (Fsp3) is 0.984. The summed E-state index contributed by atoms with van der Waals surface area (Å²) in [5.74, 6) is -0.134. The third kappa shape index (κ3) is 53.2. The van der Waals surface area contributed by atoms with Gasteiger partial charge in [0.2, 0.25) is 5.91 Å². The van der Waals surface area contributed by atoms with Crippen molar-refractivity contribution in [2.75, 3.05) is 6.61 Å². The van der Waals surface area contributed by atoms with Crippen LogP contribution < -0.4 is 5.32 Å². The lowest BCUT2D eigenvalue weighted by molar-refractivity contribution is -0.124. The van der Waals surface area contributed by atoms with E-state index in [1.165, 1.54) is 315 Å². The van der Waals surface area contributed by atoms with Gasteiger partial charge in [-0.25, -0.2) is 0 Å². The van der Waals surface area contributed by atoms with Crippen LogP contribution in [-0.2, 0) is 4.79 Å². The molecule has 3 unspecified atom stereocenters. The molecule has 0 aromatic heterocycles. The third-order valence-electron chi connectivity index (χ3n) is 15.5. The van der Waals surface area contributed by atoms with Crippen LogP contribution in [0.1, 0.15) is 373 Å². The molecular formula is C63H127NO4. The summed E-state index contributed by atoms with van der Waals surface area (Å²) < 4.78 is 0. The summed E-state index contributed by atoms with van der Waals surface area (Å²) in [5.41, 5.74) is 0. The van der Waals surface area contributed by atoms with E-state index in [-0.39, 0.29) is 12.5 Å². The van der Waals surface area contributed by atoms with Gasteiger partial charge in [0.25, 0.3) is 0 Å². The van der Waals surface area contributed by atoms with E-state index in [9.17, 15) is 20.1 Å². The maximum Gasteiger partial charge on any atom is 0.220 e. The van der Waals surface area contributed by atoms with Crippen LogP contribution in [0, 0.1) is 0 Å². The fourth-order valence-corrected chi connectivity index (χ4v) is 10.6. The summed E-state index contributed by atoms with van der Waals surface area (Å²) >= 11 is 0. The highest BCUT2D eigenvalue weighted by Gasteiger charge is 2.26. The number of unbranched alkanes of at least 4 members (excludes halogenated alkanes) is 52. The van der Waals surface area contributed by atoms with Crippen molar-refractivity contribution in [2.24, 2.45) is 0 Å². The quantitative estimate of drug-likeness (QED) is 0.0457. The van der Waals surface area contributed by atoms with E-state index in [1.54, 1.807) is 0 Å². The van der Waals surface area contributed by atoms with Gasteiger partial charge >= 0.3 is 0 Å². The largest absolute Gasteiger partial charge is 0.394 e. The second-order valence-electron chi connectivity index (χ2n) is 22.3. The van der Waals surface area contributed by atoms with Gasteiger partial charge in [0.1, 0.15) is 6.10 Å². The predicted octanol–water partition coefficient (Wildman–Crippen LogP) is 20.1. The van der Waals surface area contributed by atoms with Crippen LogP contribution >= 0.6 is 0 Å². The smallest absolute Gasteiger partial charge is 0.220 e. The molecule has 0 aromatic carbocycles. The molecule has 1 amide bonds. The lowest BCUT2D eigenvalue weighted by atomic mass is 9.99. The van der Waals surface area contributed by atoms with E-state index in [0.29, 0.717) is 12.8 Å². The number of hydrogen-bond acceptors (Lipinski definition) is 4. The molecule has 5 nitrogen and oxygen atoms in total. The van der Waals surface area contributed by atoms with Gasteiger partial charge in [0.15, 0.2) is 0 Å². The first-order valence-electron chi connectivity index (χ1n) is 31.8. The zero-order valence-electron chi connectivity index (χ0n) is 46.8. The van der Waals surface area contributed by atoms with Crippen molar-refractivity contribution < 1.29 is 20.1 Å². The van der Waals surface area contributed by atoms with Crippen LogP contribution in [-0.4, -0.2) is 46.1 Å². The average molecular weight is 963 g/mol. The summed E-state index contributed by atoms with van der Waals surface area (Å²) in [6.07, 6.45) is 72.9. The van der Waals surface area contributed by atoms with Crippen molar-refractivity contribution in [3.63, 3.8) is 0 Å². The van der Waals surface area contributed by atoms with Gasteiger partial charge < -0.3 is 20.6 Å². The molecule has 0 radical (unpaired) electrons. The van der Waals surface area contributed by atoms with E-state index in [2.05, 4.69) is 19.2 Å². The molecule has 0 saturated carbocycles. The minimum atomic E-state index is -1.13. The first-order valence-corrected chi connectivity index (χ1v) is 31.8. The molecule has 68 heavy (non-hydrogen) atoms. The Bertz CT molecular complexity index is 929. The highest BCUT2D eigenvalue weighted by atomic mass is 16.3. The summed E-state index contributed by atoms with van der Waals surface area (Å²) in [7, 11) is 0. The standard InChI is InChI=1S/C63H127NO4/c1-3-5-7-9-11-13-15-17-19-21-23-25-27-28-29-30-31-32-33-34-35-36-38-40-42-44-46-48-50-52-54-56-58-62(67)64-60(59-65)63(68)61(66)57-55-53-51-49-47-45-43-41-39-37-26-24-22-20-18-16-14-12-10-8-6-4-2/h60-61,63,65-66,68H,3-59H2,1-2H3,(H,64,67). The highest BCUT2D eigenvalue weighted by molar-refractivity contribution is 5.76. The molecule has 0 fully saturated rings. The number of carbonyl (C=O) groups excluding carboxylic acids is 1. The van der Waals surface area contributed by atoms with E-state index in [1.807, 2.05) is 0 Å². The van der Waals surface area contributed by atoms with Crippen molar-refractivity contribution in [1.82, 2.24) is 5.32 Å². The number of aliphatic hydroxyl groups is 3. The van der Waals surface area contributed by atoms with Crippen molar-refractivity contribution in [3.8, 4) is 0 Å². The molecule has 0 spiro atoms. The molecule has 0 aliphatic rings. The molecule has 0 saturated heterocycles. The topological polar surface area (TPSA) is 89.8 Å². The fourth-order valence-electron chi connectivity index (χ4n) is 10.6. The van der Waals surface area contributed by atoms with Crippen LogP contribution in [0.2, 0.25) is 0 Å². The van der Waals surface area contributed by atoms with Crippen LogP contribution in [0.3, 0.4) is 0 Å². The van der Waals surface area contributed by atoms with Crippen molar-refractivity contribution in [2.45, 2.75) is 392 Å². The van der Waals surface area contributed by atoms with Crippen molar-refractivity contribution in [1.29, 1.82) is 0 Å². The highest BCUT2D eigenvalue weighted by Crippen LogP contribution is 2.19. The molecule has 0 aliphatic carbocycles. The predicted molar refractivity (Wildman–Crippen MR) is 301 cm³/mol. The number of nitrogens with one attached hydrogen (secondary N) is 1. The van der Waals surface area contributed by atoms with E-state index in [4.69, 9.17) is 0 Å². The molecule has 5 heteroatoms. The van der Waals surface area contributed by atoms with E-state index in [0.717, 1.165) is 32.1 Å². The molecule has 0 aliphatic heterocycles. The Kier molecular flexibility index (Phi) is 58.4. The Balaban J connectivity index is 3.44. The number of hydrogen-bond donors (Lipinski definition) is 4. The van der Waals surface area contributed by atoms with Gasteiger partial charge in [0, 0.05) is 6.42 Å². The first-order chi connectivity index (χ1) is 33.6.